The van der Waals surface area contributed by atoms with E-state index in [2.05, 4.69) is 14.7 Å². The summed E-state index contributed by atoms with van der Waals surface area (Å²) in [6, 6.07) is 5.87. The third kappa shape index (κ3) is 3.71. The Hall–Kier alpha value is -1.53. The van der Waals surface area contributed by atoms with E-state index in [1.54, 1.807) is 14.2 Å². The molecule has 2 aromatic rings. The predicted molar refractivity (Wildman–Crippen MR) is 76.7 cm³/mol. The monoisotopic (exact) mass is 299 g/mol. The molecule has 5 nitrogen and oxygen atoms in total. The molecule has 0 saturated carbocycles. The minimum atomic E-state index is 0.276. The SMILES string of the molecule is COc1ccc(CCNc2nc(Cl)ns2)cc1OC. The molecule has 0 fully saturated rings. The highest BCUT2D eigenvalue weighted by Crippen LogP contribution is 2.27. The number of methoxy groups -OCH3 is 2. The van der Waals surface area contributed by atoms with Crippen molar-refractivity contribution in [2.24, 2.45) is 0 Å². The van der Waals surface area contributed by atoms with Gasteiger partial charge >= 0.3 is 0 Å². The summed E-state index contributed by atoms with van der Waals surface area (Å²) in [6.07, 6.45) is 0.845. The Balaban J connectivity index is 1.92. The predicted octanol–water partition coefficient (Wildman–Crippen LogP) is 2.86. The Labute approximate surface area is 120 Å². The number of hydrogen-bond donors (Lipinski definition) is 1. The second kappa shape index (κ2) is 6.58. The molecular formula is C12H14ClN3O2S. The van der Waals surface area contributed by atoms with E-state index in [1.165, 1.54) is 11.5 Å². The van der Waals surface area contributed by atoms with E-state index in [4.69, 9.17) is 21.1 Å². The average Bonchev–Trinajstić information content (AvgIpc) is 2.84. The van der Waals surface area contributed by atoms with Crippen LogP contribution >= 0.6 is 23.1 Å². The molecule has 102 valence electrons. The lowest BCUT2D eigenvalue weighted by Crippen LogP contribution is -2.04. The molecule has 0 saturated heterocycles. The topological polar surface area (TPSA) is 56.3 Å². The van der Waals surface area contributed by atoms with Crippen molar-refractivity contribution in [2.45, 2.75) is 6.42 Å². The van der Waals surface area contributed by atoms with Gasteiger partial charge in [0, 0.05) is 18.1 Å². The molecule has 7 heteroatoms. The van der Waals surface area contributed by atoms with E-state index in [-0.39, 0.29) is 5.28 Å². The molecule has 1 heterocycles. The highest BCUT2D eigenvalue weighted by atomic mass is 35.5. The number of anilines is 1. The number of ether oxygens (including phenoxy) is 2. The molecule has 1 N–H and O–H groups in total. The molecule has 0 amide bonds. The quantitative estimate of drug-likeness (QED) is 0.889. The summed E-state index contributed by atoms with van der Waals surface area (Å²) in [5.41, 5.74) is 1.15. The molecule has 19 heavy (non-hydrogen) atoms. The summed E-state index contributed by atoms with van der Waals surface area (Å²) >= 11 is 6.90. The van der Waals surface area contributed by atoms with Crippen LogP contribution in [0, 0.1) is 0 Å². The van der Waals surface area contributed by atoms with Gasteiger partial charge in [-0.05, 0) is 35.7 Å². The second-order valence-corrected chi connectivity index (χ2v) is 4.82. The molecule has 1 aromatic heterocycles. The van der Waals surface area contributed by atoms with Crippen LogP contribution in [0.2, 0.25) is 5.28 Å². The smallest absolute Gasteiger partial charge is 0.236 e. The molecule has 0 atom stereocenters. The van der Waals surface area contributed by atoms with Crippen molar-refractivity contribution in [3.63, 3.8) is 0 Å². The lowest BCUT2D eigenvalue weighted by molar-refractivity contribution is 0.354. The van der Waals surface area contributed by atoms with Crippen molar-refractivity contribution in [3.8, 4) is 11.5 Å². The van der Waals surface area contributed by atoms with Crippen molar-refractivity contribution in [1.82, 2.24) is 9.36 Å². The lowest BCUT2D eigenvalue weighted by Gasteiger charge is -2.09. The van der Waals surface area contributed by atoms with Gasteiger partial charge in [0.05, 0.1) is 14.2 Å². The summed E-state index contributed by atoms with van der Waals surface area (Å²) in [5.74, 6) is 1.47. The Kier molecular flexibility index (Phi) is 4.81. The molecule has 0 spiro atoms. The third-order valence-electron chi connectivity index (χ3n) is 2.54. The molecule has 0 radical (unpaired) electrons. The second-order valence-electron chi connectivity index (χ2n) is 3.73. The number of halogens is 1. The fraction of sp³-hybridized carbons (Fsp3) is 0.333. The summed E-state index contributed by atoms with van der Waals surface area (Å²) in [7, 11) is 3.25. The number of nitrogens with one attached hydrogen (secondary N) is 1. The maximum atomic E-state index is 5.65. The third-order valence-corrected chi connectivity index (χ3v) is 3.48. The van der Waals surface area contributed by atoms with E-state index in [9.17, 15) is 0 Å². The number of benzene rings is 1. The fourth-order valence-electron chi connectivity index (χ4n) is 1.63. The van der Waals surface area contributed by atoms with Gasteiger partial charge in [-0.15, -0.1) is 0 Å². The Morgan fingerprint density at radius 2 is 2.05 bits per heavy atom. The van der Waals surface area contributed by atoms with Gasteiger partial charge in [0.15, 0.2) is 11.5 Å². The fourth-order valence-corrected chi connectivity index (χ4v) is 2.36. The molecule has 2 rings (SSSR count). The number of rotatable bonds is 6. The van der Waals surface area contributed by atoms with Crippen LogP contribution in [0.15, 0.2) is 18.2 Å². The standard InChI is InChI=1S/C12H14ClN3O2S/c1-17-9-4-3-8(7-10(9)18-2)5-6-14-12-15-11(13)16-19-12/h3-4,7H,5-6H2,1-2H3,(H,14,15,16). The molecule has 1 aromatic carbocycles. The first-order chi connectivity index (χ1) is 9.22. The minimum absolute atomic E-state index is 0.276. The van der Waals surface area contributed by atoms with Crippen LogP contribution in [0.4, 0.5) is 5.13 Å². The molecule has 0 aliphatic carbocycles. The van der Waals surface area contributed by atoms with Gasteiger partial charge in [0.2, 0.25) is 10.4 Å². The lowest BCUT2D eigenvalue weighted by atomic mass is 10.1. The maximum Gasteiger partial charge on any atom is 0.236 e. The summed E-state index contributed by atoms with van der Waals surface area (Å²) in [6.45, 7) is 0.751. The minimum Gasteiger partial charge on any atom is -0.493 e. The van der Waals surface area contributed by atoms with Crippen molar-refractivity contribution < 1.29 is 9.47 Å². The number of aromatic nitrogens is 2. The van der Waals surface area contributed by atoms with Crippen LogP contribution in [0.25, 0.3) is 0 Å². The highest BCUT2D eigenvalue weighted by molar-refractivity contribution is 7.09. The van der Waals surface area contributed by atoms with Gasteiger partial charge in [0.1, 0.15) is 0 Å². The van der Waals surface area contributed by atoms with Gasteiger partial charge < -0.3 is 14.8 Å². The van der Waals surface area contributed by atoms with Crippen LogP contribution in [-0.2, 0) is 6.42 Å². The van der Waals surface area contributed by atoms with Gasteiger partial charge in [-0.2, -0.15) is 9.36 Å². The summed E-state index contributed by atoms with van der Waals surface area (Å²) < 4.78 is 14.3. The van der Waals surface area contributed by atoms with Crippen LogP contribution in [0.3, 0.4) is 0 Å². The number of hydrogen-bond acceptors (Lipinski definition) is 6. The normalized spacial score (nSPS) is 10.3. The zero-order valence-electron chi connectivity index (χ0n) is 10.6. The van der Waals surface area contributed by atoms with Gasteiger partial charge in [0.25, 0.3) is 0 Å². The van der Waals surface area contributed by atoms with Crippen LogP contribution < -0.4 is 14.8 Å². The first-order valence-corrected chi connectivity index (χ1v) is 6.82. The van der Waals surface area contributed by atoms with Crippen LogP contribution in [0.5, 0.6) is 11.5 Å². The average molecular weight is 300 g/mol. The van der Waals surface area contributed by atoms with Crippen molar-refractivity contribution in [1.29, 1.82) is 0 Å². The molecular weight excluding hydrogens is 286 g/mol. The molecule has 0 aliphatic heterocycles. The van der Waals surface area contributed by atoms with E-state index < -0.39 is 0 Å². The van der Waals surface area contributed by atoms with Gasteiger partial charge in [-0.1, -0.05) is 6.07 Å². The molecule has 0 aliphatic rings. The molecule has 0 bridgehead atoms. The van der Waals surface area contributed by atoms with E-state index in [0.717, 1.165) is 35.2 Å². The van der Waals surface area contributed by atoms with E-state index >= 15 is 0 Å². The van der Waals surface area contributed by atoms with Crippen LogP contribution in [0.1, 0.15) is 5.56 Å². The van der Waals surface area contributed by atoms with Crippen molar-refractivity contribution >= 4 is 28.3 Å². The largest absolute Gasteiger partial charge is 0.493 e. The van der Waals surface area contributed by atoms with E-state index in [0.29, 0.717) is 0 Å². The first-order valence-electron chi connectivity index (χ1n) is 5.67. The summed E-state index contributed by atoms with van der Waals surface area (Å²) in [5, 5.41) is 4.17. The molecule has 0 unspecified atom stereocenters. The van der Waals surface area contributed by atoms with Gasteiger partial charge in [-0.3, -0.25) is 0 Å². The first kappa shape index (κ1) is 13.9. The Morgan fingerprint density at radius 3 is 2.68 bits per heavy atom. The highest BCUT2D eigenvalue weighted by Gasteiger charge is 2.05. The van der Waals surface area contributed by atoms with E-state index in [1.807, 2.05) is 18.2 Å². The van der Waals surface area contributed by atoms with Crippen molar-refractivity contribution in [3.05, 3.63) is 29.0 Å². The maximum absolute atomic E-state index is 5.65. The zero-order valence-corrected chi connectivity index (χ0v) is 12.2. The van der Waals surface area contributed by atoms with Crippen LogP contribution in [-0.4, -0.2) is 30.1 Å². The summed E-state index contributed by atoms with van der Waals surface area (Å²) in [4.78, 5) is 4.02. The van der Waals surface area contributed by atoms with Crippen molar-refractivity contribution in [2.75, 3.05) is 26.1 Å². The number of nitrogens with zero attached hydrogens (tertiary/aromatic N) is 2. The Morgan fingerprint density at radius 1 is 1.26 bits per heavy atom. The Bertz CT molecular complexity index is 548. The zero-order chi connectivity index (χ0) is 13.7. The van der Waals surface area contributed by atoms with Gasteiger partial charge in [-0.25, -0.2) is 0 Å².